The van der Waals surface area contributed by atoms with Gasteiger partial charge in [0, 0.05) is 0 Å². The molecule has 0 radical (unpaired) electrons. The molecule has 3 unspecified atom stereocenters. The zero-order chi connectivity index (χ0) is 35.5. The van der Waals surface area contributed by atoms with E-state index in [1.54, 1.807) is 0 Å². The standard InChI is InChI=1S/C45H86O4/c1-4-6-8-10-12-14-16-18-20-22-24-26-28-30-32-34-38-48-44(46)42-37-36-41(3)40-43(42)45(47)49-39-35-33-31-29-27-25-23-21-19-17-15-13-11-9-7-5-2/h41-43H,4-40H2,1-3H3. The molecule has 49 heavy (non-hydrogen) atoms. The van der Waals surface area contributed by atoms with Crippen LogP contribution in [-0.4, -0.2) is 25.2 Å². The summed E-state index contributed by atoms with van der Waals surface area (Å²) in [5.41, 5.74) is 0. The molecule has 0 bridgehead atoms. The largest absolute Gasteiger partial charge is 0.465 e. The predicted octanol–water partition coefficient (Wildman–Crippen LogP) is 14.6. The van der Waals surface area contributed by atoms with E-state index < -0.39 is 0 Å². The highest BCUT2D eigenvalue weighted by molar-refractivity contribution is 5.82. The SMILES string of the molecule is CCCCCCCCCCCCCCCCCCOC(=O)C1CCC(C)CC1C(=O)OCCCCCCCCCCCCCCCCCC. The van der Waals surface area contributed by atoms with Crippen LogP contribution in [0.4, 0.5) is 0 Å². The summed E-state index contributed by atoms with van der Waals surface area (Å²) in [6.45, 7) is 7.74. The van der Waals surface area contributed by atoms with Crippen LogP contribution in [0.3, 0.4) is 0 Å². The van der Waals surface area contributed by atoms with E-state index in [4.69, 9.17) is 9.47 Å². The second-order valence-electron chi connectivity index (χ2n) is 16.1. The minimum Gasteiger partial charge on any atom is -0.465 e. The number of rotatable bonds is 36. The number of carbonyl (C=O) groups excluding carboxylic acids is 2. The van der Waals surface area contributed by atoms with E-state index in [-0.39, 0.29) is 23.8 Å². The molecule has 0 aliphatic heterocycles. The molecule has 1 saturated carbocycles. The van der Waals surface area contributed by atoms with E-state index in [2.05, 4.69) is 20.8 Å². The van der Waals surface area contributed by atoms with Gasteiger partial charge in [-0.25, -0.2) is 0 Å². The van der Waals surface area contributed by atoms with Crippen molar-refractivity contribution in [2.75, 3.05) is 13.2 Å². The number of ether oxygens (including phenoxy) is 2. The van der Waals surface area contributed by atoms with Gasteiger partial charge in [0.25, 0.3) is 0 Å². The van der Waals surface area contributed by atoms with Crippen LogP contribution in [-0.2, 0) is 19.1 Å². The number of unbranched alkanes of at least 4 members (excludes halogenated alkanes) is 30. The number of hydrogen-bond donors (Lipinski definition) is 0. The lowest BCUT2D eigenvalue weighted by Gasteiger charge is -2.31. The molecule has 4 heteroatoms. The molecule has 0 aromatic heterocycles. The maximum Gasteiger partial charge on any atom is 0.309 e. The Hall–Kier alpha value is -1.06. The Kier molecular flexibility index (Phi) is 33.2. The van der Waals surface area contributed by atoms with E-state index in [0.29, 0.717) is 19.1 Å². The molecule has 4 nitrogen and oxygen atoms in total. The average molecular weight is 691 g/mol. The summed E-state index contributed by atoms with van der Waals surface area (Å²) in [4.78, 5) is 26.0. The van der Waals surface area contributed by atoms with E-state index in [9.17, 15) is 9.59 Å². The van der Waals surface area contributed by atoms with Crippen molar-refractivity contribution in [1.82, 2.24) is 0 Å². The first-order valence-electron chi connectivity index (χ1n) is 22.4. The molecule has 1 aliphatic rings. The summed E-state index contributed by atoms with van der Waals surface area (Å²) in [5, 5.41) is 0. The van der Waals surface area contributed by atoms with Gasteiger partial charge in [0.05, 0.1) is 25.0 Å². The summed E-state index contributed by atoms with van der Waals surface area (Å²) in [5.74, 6) is -0.537. The molecular weight excluding hydrogens is 604 g/mol. The Morgan fingerprint density at radius 3 is 0.959 bits per heavy atom. The monoisotopic (exact) mass is 691 g/mol. The molecule has 0 saturated heterocycles. The van der Waals surface area contributed by atoms with Crippen LogP contribution < -0.4 is 0 Å². The molecule has 1 fully saturated rings. The Labute approximate surface area is 306 Å². The summed E-state index contributed by atoms with van der Waals surface area (Å²) in [7, 11) is 0. The van der Waals surface area contributed by atoms with Crippen molar-refractivity contribution in [3.8, 4) is 0 Å². The normalized spacial score (nSPS) is 17.7. The summed E-state index contributed by atoms with van der Waals surface area (Å²) >= 11 is 0. The Balaban J connectivity index is 2.00. The van der Waals surface area contributed by atoms with Crippen LogP contribution in [0.2, 0.25) is 0 Å². The van der Waals surface area contributed by atoms with Gasteiger partial charge in [-0.3, -0.25) is 9.59 Å². The highest BCUT2D eigenvalue weighted by Crippen LogP contribution is 2.35. The summed E-state index contributed by atoms with van der Waals surface area (Å²) in [6, 6.07) is 0. The number of esters is 2. The molecule has 1 aliphatic carbocycles. The first-order valence-corrected chi connectivity index (χ1v) is 22.4. The van der Waals surface area contributed by atoms with Gasteiger partial charge in [-0.1, -0.05) is 213 Å². The number of carbonyl (C=O) groups is 2. The van der Waals surface area contributed by atoms with Crippen molar-refractivity contribution in [3.63, 3.8) is 0 Å². The van der Waals surface area contributed by atoms with Gasteiger partial charge in [-0.15, -0.1) is 0 Å². The highest BCUT2D eigenvalue weighted by Gasteiger charge is 2.40. The van der Waals surface area contributed by atoms with Crippen molar-refractivity contribution in [1.29, 1.82) is 0 Å². The summed E-state index contributed by atoms with van der Waals surface area (Å²) < 4.78 is 11.4. The minimum absolute atomic E-state index is 0.169. The maximum atomic E-state index is 13.0. The van der Waals surface area contributed by atoms with Gasteiger partial charge in [0.1, 0.15) is 0 Å². The minimum atomic E-state index is -0.330. The zero-order valence-electron chi connectivity index (χ0n) is 33.5. The fraction of sp³-hybridized carbons (Fsp3) is 0.956. The summed E-state index contributed by atoms with van der Waals surface area (Å²) in [6.07, 6.45) is 45.2. The van der Waals surface area contributed by atoms with Gasteiger partial charge in [-0.05, 0) is 38.0 Å². The van der Waals surface area contributed by atoms with Gasteiger partial charge >= 0.3 is 11.9 Å². The molecule has 1 rings (SSSR count). The highest BCUT2D eigenvalue weighted by atomic mass is 16.5. The Bertz CT molecular complexity index is 721. The van der Waals surface area contributed by atoms with E-state index in [0.717, 1.165) is 44.9 Å². The van der Waals surface area contributed by atoms with Crippen LogP contribution in [0.15, 0.2) is 0 Å². The maximum absolute atomic E-state index is 13.0. The Morgan fingerprint density at radius 2 is 0.653 bits per heavy atom. The van der Waals surface area contributed by atoms with Crippen LogP contribution >= 0.6 is 0 Å². The van der Waals surface area contributed by atoms with Crippen molar-refractivity contribution in [3.05, 3.63) is 0 Å². The zero-order valence-corrected chi connectivity index (χ0v) is 33.5. The molecule has 0 aromatic rings. The van der Waals surface area contributed by atoms with Crippen LogP contribution in [0.1, 0.15) is 245 Å². The molecule has 0 N–H and O–H groups in total. The molecule has 0 amide bonds. The second kappa shape index (κ2) is 35.3. The van der Waals surface area contributed by atoms with Crippen molar-refractivity contribution in [2.45, 2.75) is 245 Å². The van der Waals surface area contributed by atoms with Crippen molar-refractivity contribution < 1.29 is 19.1 Å². The van der Waals surface area contributed by atoms with Crippen LogP contribution in [0.25, 0.3) is 0 Å². The molecule has 0 aromatic carbocycles. The topological polar surface area (TPSA) is 52.6 Å². The molecule has 0 spiro atoms. The van der Waals surface area contributed by atoms with Gasteiger partial charge in [0.2, 0.25) is 0 Å². The fourth-order valence-corrected chi connectivity index (χ4v) is 7.78. The first-order chi connectivity index (χ1) is 24.1. The van der Waals surface area contributed by atoms with E-state index >= 15 is 0 Å². The molecule has 0 heterocycles. The molecular formula is C45H86O4. The smallest absolute Gasteiger partial charge is 0.309 e. The van der Waals surface area contributed by atoms with E-state index in [1.807, 2.05) is 0 Å². The van der Waals surface area contributed by atoms with Gasteiger partial charge in [0.15, 0.2) is 0 Å². The lowest BCUT2D eigenvalue weighted by molar-refractivity contribution is -0.163. The molecule has 290 valence electrons. The fourth-order valence-electron chi connectivity index (χ4n) is 7.78. The Morgan fingerprint density at radius 1 is 0.388 bits per heavy atom. The lowest BCUT2D eigenvalue weighted by atomic mass is 9.74. The lowest BCUT2D eigenvalue weighted by Crippen LogP contribution is -2.37. The quantitative estimate of drug-likeness (QED) is 0.0485. The molecule has 3 atom stereocenters. The first kappa shape index (κ1) is 46.0. The van der Waals surface area contributed by atoms with Crippen molar-refractivity contribution >= 4 is 11.9 Å². The van der Waals surface area contributed by atoms with E-state index in [1.165, 1.54) is 180 Å². The van der Waals surface area contributed by atoms with Crippen molar-refractivity contribution in [2.24, 2.45) is 17.8 Å². The third kappa shape index (κ3) is 28.2. The third-order valence-electron chi connectivity index (χ3n) is 11.2. The van der Waals surface area contributed by atoms with Crippen LogP contribution in [0.5, 0.6) is 0 Å². The van der Waals surface area contributed by atoms with Gasteiger partial charge in [-0.2, -0.15) is 0 Å². The number of hydrogen-bond acceptors (Lipinski definition) is 4. The second-order valence-corrected chi connectivity index (χ2v) is 16.1. The van der Waals surface area contributed by atoms with Gasteiger partial charge < -0.3 is 9.47 Å². The third-order valence-corrected chi connectivity index (χ3v) is 11.2. The van der Waals surface area contributed by atoms with Crippen LogP contribution in [0, 0.1) is 17.8 Å². The predicted molar refractivity (Wildman–Crippen MR) is 211 cm³/mol. The average Bonchev–Trinajstić information content (AvgIpc) is 3.10.